The summed E-state index contributed by atoms with van der Waals surface area (Å²) in [5.41, 5.74) is 1.95. The number of aromatic carboxylic acids is 1. The van der Waals surface area contributed by atoms with Gasteiger partial charge < -0.3 is 9.84 Å². The molecule has 1 aromatic carbocycles. The van der Waals surface area contributed by atoms with Gasteiger partial charge in [-0.15, -0.1) is 0 Å². The van der Waals surface area contributed by atoms with E-state index in [4.69, 9.17) is 4.74 Å². The lowest BCUT2D eigenvalue weighted by Crippen LogP contribution is -2.27. The summed E-state index contributed by atoms with van der Waals surface area (Å²) in [7, 11) is 0. The van der Waals surface area contributed by atoms with Crippen LogP contribution in [0.5, 0.6) is 5.75 Å². The van der Waals surface area contributed by atoms with Crippen molar-refractivity contribution in [2.45, 2.75) is 71.1 Å². The molecule has 1 saturated carbocycles. The maximum Gasteiger partial charge on any atom is 0.338 e. The molecule has 0 aromatic heterocycles. The van der Waals surface area contributed by atoms with Crippen LogP contribution < -0.4 is 4.74 Å². The van der Waals surface area contributed by atoms with E-state index in [0.29, 0.717) is 22.4 Å². The van der Waals surface area contributed by atoms with Crippen LogP contribution in [0.1, 0.15) is 87.2 Å². The minimum atomic E-state index is -0.942. The van der Waals surface area contributed by atoms with Gasteiger partial charge in [0.05, 0.1) is 5.56 Å². The fourth-order valence-electron chi connectivity index (χ4n) is 3.60. The Morgan fingerprint density at radius 3 is 2.28 bits per heavy atom. The van der Waals surface area contributed by atoms with Gasteiger partial charge in [-0.25, -0.2) is 9.59 Å². The zero-order valence-electron chi connectivity index (χ0n) is 15.6. The van der Waals surface area contributed by atoms with Crippen molar-refractivity contribution in [3.05, 3.63) is 41.0 Å². The molecule has 0 amide bonds. The van der Waals surface area contributed by atoms with Crippen molar-refractivity contribution in [1.82, 2.24) is 0 Å². The van der Waals surface area contributed by atoms with Gasteiger partial charge in [-0.1, -0.05) is 46.6 Å². The number of carboxylic acids is 1. The molecule has 0 radical (unpaired) electrons. The van der Waals surface area contributed by atoms with Gasteiger partial charge in [0, 0.05) is 11.1 Å². The molecule has 0 atom stereocenters. The Bertz CT molecular complexity index is 694. The summed E-state index contributed by atoms with van der Waals surface area (Å²) in [6.45, 7) is 11.3. The Balaban J connectivity index is 2.64. The van der Waals surface area contributed by atoms with Gasteiger partial charge in [0.15, 0.2) is 0 Å². The lowest BCUT2D eigenvalue weighted by atomic mass is 9.70. The molecule has 1 aliphatic carbocycles. The first-order valence-electron chi connectivity index (χ1n) is 8.95. The third kappa shape index (κ3) is 4.12. The molecule has 1 fully saturated rings. The molecule has 0 spiro atoms. The van der Waals surface area contributed by atoms with Crippen LogP contribution in [0.15, 0.2) is 24.3 Å². The highest BCUT2D eigenvalue weighted by atomic mass is 16.5. The van der Waals surface area contributed by atoms with Gasteiger partial charge in [-0.05, 0) is 48.8 Å². The molecule has 0 aliphatic heterocycles. The standard InChI is InChI=1S/C21H28O4/c1-13(2)15-12-18(25-20(24)14(3)4)17(11-16(15)19(22)23)21(5)9-7-6-8-10-21/h11-13H,3,6-10H2,1-2,4-5H3,(H,22,23). The van der Waals surface area contributed by atoms with E-state index in [0.717, 1.165) is 31.2 Å². The second kappa shape index (κ2) is 7.42. The number of carbonyl (C=O) groups is 2. The number of carbonyl (C=O) groups excluding carboxylic acids is 1. The zero-order valence-corrected chi connectivity index (χ0v) is 15.6. The molecule has 0 unspecified atom stereocenters. The summed E-state index contributed by atoms with van der Waals surface area (Å²) in [5.74, 6) is -0.923. The smallest absolute Gasteiger partial charge is 0.338 e. The predicted molar refractivity (Wildman–Crippen MR) is 98.4 cm³/mol. The maximum absolute atomic E-state index is 12.1. The zero-order chi connectivity index (χ0) is 18.8. The van der Waals surface area contributed by atoms with Gasteiger partial charge in [-0.3, -0.25) is 0 Å². The van der Waals surface area contributed by atoms with Crippen molar-refractivity contribution in [1.29, 1.82) is 0 Å². The Kier molecular flexibility index (Phi) is 5.71. The first kappa shape index (κ1) is 19.2. The number of ether oxygens (including phenoxy) is 1. The van der Waals surface area contributed by atoms with E-state index in [9.17, 15) is 14.7 Å². The Morgan fingerprint density at radius 2 is 1.80 bits per heavy atom. The molecular weight excluding hydrogens is 316 g/mol. The fourth-order valence-corrected chi connectivity index (χ4v) is 3.60. The van der Waals surface area contributed by atoms with E-state index >= 15 is 0 Å². The molecule has 0 bridgehead atoms. The van der Waals surface area contributed by atoms with E-state index < -0.39 is 11.9 Å². The van der Waals surface area contributed by atoms with Gasteiger partial charge in [-0.2, -0.15) is 0 Å². The van der Waals surface area contributed by atoms with Gasteiger partial charge in [0.1, 0.15) is 5.75 Å². The average Bonchev–Trinajstić information content (AvgIpc) is 2.54. The molecule has 136 valence electrons. The molecule has 0 saturated heterocycles. The summed E-state index contributed by atoms with van der Waals surface area (Å²) < 4.78 is 5.62. The summed E-state index contributed by atoms with van der Waals surface area (Å²) in [5, 5.41) is 9.66. The van der Waals surface area contributed by atoms with E-state index in [2.05, 4.69) is 13.5 Å². The van der Waals surface area contributed by atoms with E-state index in [-0.39, 0.29) is 11.3 Å². The minimum absolute atomic E-state index is 0.0154. The molecule has 1 N–H and O–H groups in total. The quantitative estimate of drug-likeness (QED) is 0.452. The number of rotatable bonds is 5. The lowest BCUT2D eigenvalue weighted by Gasteiger charge is -2.35. The third-order valence-electron chi connectivity index (χ3n) is 5.16. The fraction of sp³-hybridized carbons (Fsp3) is 0.524. The molecule has 25 heavy (non-hydrogen) atoms. The number of hydrogen-bond donors (Lipinski definition) is 1. The number of hydrogen-bond acceptors (Lipinski definition) is 3. The van der Waals surface area contributed by atoms with Gasteiger partial charge in [0.2, 0.25) is 0 Å². The molecule has 2 rings (SSSR count). The maximum atomic E-state index is 12.1. The monoisotopic (exact) mass is 344 g/mol. The van der Waals surface area contributed by atoms with Crippen molar-refractivity contribution in [3.63, 3.8) is 0 Å². The Morgan fingerprint density at radius 1 is 1.20 bits per heavy atom. The van der Waals surface area contributed by atoms with Crippen LogP contribution in [-0.4, -0.2) is 17.0 Å². The predicted octanol–water partition coefficient (Wildman–Crippen LogP) is 5.21. The van der Waals surface area contributed by atoms with Crippen LogP contribution in [0.3, 0.4) is 0 Å². The van der Waals surface area contributed by atoms with Crippen molar-refractivity contribution >= 4 is 11.9 Å². The SMILES string of the molecule is C=C(C)C(=O)Oc1cc(C(C)C)c(C(=O)O)cc1C1(C)CCCCC1. The van der Waals surface area contributed by atoms with Crippen LogP contribution in [0, 0.1) is 0 Å². The lowest BCUT2D eigenvalue weighted by molar-refractivity contribution is -0.130. The highest BCUT2D eigenvalue weighted by Crippen LogP contribution is 2.44. The Hall–Kier alpha value is -2.10. The molecule has 0 heterocycles. The topological polar surface area (TPSA) is 63.6 Å². The number of esters is 1. The van der Waals surface area contributed by atoms with Crippen LogP contribution in [0.2, 0.25) is 0 Å². The summed E-state index contributed by atoms with van der Waals surface area (Å²) in [4.78, 5) is 23.9. The summed E-state index contributed by atoms with van der Waals surface area (Å²) >= 11 is 0. The highest BCUT2D eigenvalue weighted by Gasteiger charge is 2.34. The first-order chi connectivity index (χ1) is 11.7. The number of benzene rings is 1. The second-order valence-electron chi connectivity index (χ2n) is 7.69. The second-order valence-corrected chi connectivity index (χ2v) is 7.69. The van der Waals surface area contributed by atoms with Gasteiger partial charge in [0.25, 0.3) is 0 Å². The molecule has 4 heteroatoms. The highest BCUT2D eigenvalue weighted by molar-refractivity contribution is 5.92. The van der Waals surface area contributed by atoms with Crippen molar-refractivity contribution in [3.8, 4) is 5.75 Å². The first-order valence-corrected chi connectivity index (χ1v) is 8.95. The largest absolute Gasteiger partial charge is 0.478 e. The number of carboxylic acid groups (broad SMARTS) is 1. The summed E-state index contributed by atoms with van der Waals surface area (Å²) in [6, 6.07) is 3.47. The Labute approximate surface area is 149 Å². The normalized spacial score (nSPS) is 16.5. The molecular formula is C21H28O4. The van der Waals surface area contributed by atoms with Crippen molar-refractivity contribution < 1.29 is 19.4 Å². The van der Waals surface area contributed by atoms with Crippen LogP contribution in [-0.2, 0) is 10.2 Å². The van der Waals surface area contributed by atoms with Crippen LogP contribution in [0.25, 0.3) is 0 Å². The van der Waals surface area contributed by atoms with E-state index in [1.807, 2.05) is 13.8 Å². The third-order valence-corrected chi connectivity index (χ3v) is 5.16. The molecule has 1 aromatic rings. The van der Waals surface area contributed by atoms with E-state index in [1.54, 1.807) is 19.1 Å². The van der Waals surface area contributed by atoms with Crippen molar-refractivity contribution in [2.75, 3.05) is 0 Å². The van der Waals surface area contributed by atoms with E-state index in [1.165, 1.54) is 6.42 Å². The molecule has 1 aliphatic rings. The van der Waals surface area contributed by atoms with Crippen LogP contribution in [0.4, 0.5) is 0 Å². The van der Waals surface area contributed by atoms with Crippen LogP contribution >= 0.6 is 0 Å². The minimum Gasteiger partial charge on any atom is -0.478 e. The van der Waals surface area contributed by atoms with Gasteiger partial charge >= 0.3 is 11.9 Å². The van der Waals surface area contributed by atoms with Crippen molar-refractivity contribution in [2.24, 2.45) is 0 Å². The average molecular weight is 344 g/mol. The summed E-state index contributed by atoms with van der Waals surface area (Å²) in [6.07, 6.45) is 5.30. The molecule has 4 nitrogen and oxygen atoms in total.